The van der Waals surface area contributed by atoms with Crippen LogP contribution >= 0.6 is 0 Å². The Bertz CT molecular complexity index is 1280. The summed E-state index contributed by atoms with van der Waals surface area (Å²) in [6.45, 7) is 13.2. The Morgan fingerprint density at radius 1 is 0.939 bits per heavy atom. The predicted octanol–water partition coefficient (Wildman–Crippen LogP) is 5.79. The molecule has 49 heavy (non-hydrogen) atoms. The molecule has 10 nitrogen and oxygen atoms in total. The number of rotatable bonds is 20. The maximum atomic E-state index is 14.0. The van der Waals surface area contributed by atoms with E-state index in [1.54, 1.807) is 32.4 Å². The molecule has 1 aromatic carbocycles. The first-order valence-electron chi connectivity index (χ1n) is 18.7. The number of unbranched alkanes of at least 4 members (excludes halogenated alkanes) is 6. The van der Waals surface area contributed by atoms with Gasteiger partial charge in [0.25, 0.3) is 0 Å². The van der Waals surface area contributed by atoms with Crippen LogP contribution in [0.5, 0.6) is 11.5 Å². The number of hydrogen-bond acceptors (Lipinski definition) is 7. The second-order valence-corrected chi connectivity index (χ2v) is 15.7. The summed E-state index contributed by atoms with van der Waals surface area (Å²) in [5, 5.41) is 8.99. The lowest BCUT2D eigenvalue weighted by molar-refractivity contribution is -0.199. The van der Waals surface area contributed by atoms with E-state index in [1.807, 2.05) is 0 Å². The molecule has 4 fully saturated rings. The second kappa shape index (κ2) is 17.4. The number of methoxy groups -OCH3 is 2. The van der Waals surface area contributed by atoms with Crippen molar-refractivity contribution in [3.63, 3.8) is 0 Å². The average molecular weight is 684 g/mol. The highest BCUT2D eigenvalue weighted by Crippen LogP contribution is 2.65. The summed E-state index contributed by atoms with van der Waals surface area (Å²) in [6, 6.07) is 4.36. The van der Waals surface area contributed by atoms with Gasteiger partial charge in [0.2, 0.25) is 17.7 Å². The molecule has 274 valence electrons. The molecule has 5 rings (SSSR count). The maximum absolute atomic E-state index is 14.0. The molecule has 1 aromatic rings. The Hall–Kier alpha value is -2.79. The zero-order chi connectivity index (χ0) is 35.8. The third-order valence-corrected chi connectivity index (χ3v) is 11.3. The molecule has 2 bridgehead atoms. The van der Waals surface area contributed by atoms with E-state index in [1.165, 1.54) is 25.7 Å². The van der Waals surface area contributed by atoms with Gasteiger partial charge in [-0.15, -0.1) is 0 Å². The Kier molecular flexibility index (Phi) is 13.9. The molecular weight excluding hydrogens is 621 g/mol. The smallest absolute Gasteiger partial charge is 0.481 e. The highest BCUT2D eigenvalue weighted by Gasteiger charge is 2.68. The summed E-state index contributed by atoms with van der Waals surface area (Å²) < 4.78 is 24.0. The van der Waals surface area contributed by atoms with Crippen LogP contribution in [0.25, 0.3) is 0 Å². The first-order valence-corrected chi connectivity index (χ1v) is 18.7. The highest BCUT2D eigenvalue weighted by molar-refractivity contribution is 6.48. The Morgan fingerprint density at radius 2 is 1.63 bits per heavy atom. The van der Waals surface area contributed by atoms with Crippen molar-refractivity contribution < 1.29 is 33.2 Å². The largest absolute Gasteiger partial charge is 0.493 e. The molecule has 0 spiro atoms. The van der Waals surface area contributed by atoms with Gasteiger partial charge in [-0.05, 0) is 73.5 Å². The fourth-order valence-corrected chi connectivity index (χ4v) is 8.27. The van der Waals surface area contributed by atoms with Crippen molar-refractivity contribution in [1.29, 1.82) is 0 Å². The third-order valence-electron chi connectivity index (χ3n) is 11.3. The van der Waals surface area contributed by atoms with E-state index in [2.05, 4.69) is 57.5 Å². The van der Waals surface area contributed by atoms with Gasteiger partial charge in [-0.3, -0.25) is 14.4 Å². The van der Waals surface area contributed by atoms with E-state index in [9.17, 15) is 14.4 Å². The van der Waals surface area contributed by atoms with Crippen molar-refractivity contribution in [2.75, 3.05) is 20.8 Å². The quantitative estimate of drug-likeness (QED) is 0.118. The molecule has 0 unspecified atom stereocenters. The van der Waals surface area contributed by atoms with Crippen LogP contribution in [-0.2, 0) is 30.1 Å². The van der Waals surface area contributed by atoms with E-state index < -0.39 is 24.7 Å². The van der Waals surface area contributed by atoms with Gasteiger partial charge in [-0.25, -0.2) is 0 Å². The van der Waals surface area contributed by atoms with Crippen LogP contribution in [0.1, 0.15) is 118 Å². The van der Waals surface area contributed by atoms with Crippen molar-refractivity contribution >= 4 is 24.8 Å². The van der Waals surface area contributed by atoms with Gasteiger partial charge >= 0.3 is 7.12 Å². The van der Waals surface area contributed by atoms with Gasteiger partial charge in [0.1, 0.15) is 6.04 Å². The molecule has 6 atom stereocenters. The van der Waals surface area contributed by atoms with Crippen LogP contribution in [-0.4, -0.2) is 69.3 Å². The van der Waals surface area contributed by atoms with Crippen LogP contribution in [0.2, 0.25) is 0 Å². The molecule has 3 aliphatic carbocycles. The van der Waals surface area contributed by atoms with Crippen molar-refractivity contribution in [2.24, 2.45) is 23.2 Å². The lowest BCUT2D eigenvalue weighted by Gasteiger charge is -2.64. The molecule has 3 saturated carbocycles. The summed E-state index contributed by atoms with van der Waals surface area (Å²) in [5.41, 5.74) is 0.550. The summed E-state index contributed by atoms with van der Waals surface area (Å²) >= 11 is 0. The topological polar surface area (TPSA) is 124 Å². The van der Waals surface area contributed by atoms with Crippen LogP contribution in [0.4, 0.5) is 0 Å². The predicted molar refractivity (Wildman–Crippen MR) is 192 cm³/mol. The number of benzene rings is 1. The van der Waals surface area contributed by atoms with Gasteiger partial charge in [0, 0.05) is 13.0 Å². The summed E-state index contributed by atoms with van der Waals surface area (Å²) in [7, 11) is 2.52. The molecule has 0 radical (unpaired) electrons. The minimum Gasteiger partial charge on any atom is -0.493 e. The molecule has 11 heteroatoms. The van der Waals surface area contributed by atoms with Crippen molar-refractivity contribution in [3.05, 3.63) is 23.8 Å². The van der Waals surface area contributed by atoms with Crippen molar-refractivity contribution in [3.8, 4) is 11.5 Å². The fourth-order valence-electron chi connectivity index (χ4n) is 8.27. The maximum Gasteiger partial charge on any atom is 0.481 e. The monoisotopic (exact) mass is 683 g/mol. The van der Waals surface area contributed by atoms with Crippen molar-refractivity contribution in [2.45, 2.75) is 142 Å². The zero-order valence-electron chi connectivity index (χ0n) is 31.3. The Morgan fingerprint density at radius 3 is 2.29 bits per heavy atom. The fraction of sp³-hybridized carbons (Fsp3) is 0.763. The molecule has 3 N–H and O–H groups in total. The van der Waals surface area contributed by atoms with Crippen LogP contribution < -0.4 is 25.4 Å². The minimum absolute atomic E-state index is 0.00539. The number of amides is 3. The number of carbonyl (C=O) groups excluding carboxylic acids is 3. The Balaban J connectivity index is 1.41. The molecule has 4 aliphatic rings. The number of ether oxygens (including phenoxy) is 2. The average Bonchev–Trinajstić information content (AvgIpc) is 3.42. The zero-order valence-corrected chi connectivity index (χ0v) is 31.3. The SMILES string of the molecule is CCCCCCCCCC(=O)N[C@@H](CNC(=O)Cc1ccc(OC)c(OC)c1)C(=O)N[C@@H](CC(C)C)B1O[C@@H]2C[C@H]3C[C@H](C3(C)C)[C@]2(C)O1. The van der Waals surface area contributed by atoms with Gasteiger partial charge in [0.05, 0.1) is 38.3 Å². The second-order valence-electron chi connectivity index (χ2n) is 15.7. The molecular formula is C38H62BN3O7. The van der Waals surface area contributed by atoms with Crippen molar-refractivity contribution in [1.82, 2.24) is 16.0 Å². The van der Waals surface area contributed by atoms with Gasteiger partial charge in [0.15, 0.2) is 11.5 Å². The molecule has 1 heterocycles. The third kappa shape index (κ3) is 9.72. The lowest BCUT2D eigenvalue weighted by atomic mass is 9.43. The Labute approximate surface area is 295 Å². The molecule has 3 amide bonds. The van der Waals surface area contributed by atoms with E-state index in [0.717, 1.165) is 37.7 Å². The number of nitrogens with one attached hydrogen (secondary N) is 3. The minimum atomic E-state index is -0.952. The van der Waals surface area contributed by atoms with E-state index in [0.29, 0.717) is 36.2 Å². The molecule has 1 aliphatic heterocycles. The first kappa shape index (κ1) is 39.0. The van der Waals surface area contributed by atoms with Crippen LogP contribution in [0.15, 0.2) is 18.2 Å². The first-order chi connectivity index (χ1) is 23.3. The van der Waals surface area contributed by atoms with E-state index >= 15 is 0 Å². The molecule has 0 aromatic heterocycles. The number of carbonyl (C=O) groups is 3. The summed E-state index contributed by atoms with van der Waals surface area (Å²) in [4.78, 5) is 40.2. The van der Waals surface area contributed by atoms with Crippen LogP contribution in [0, 0.1) is 23.2 Å². The van der Waals surface area contributed by atoms with Gasteiger partial charge < -0.3 is 34.7 Å². The lowest BCUT2D eigenvalue weighted by Crippen LogP contribution is -2.65. The summed E-state index contributed by atoms with van der Waals surface area (Å²) in [5.74, 6) is 1.17. The molecule has 1 saturated heterocycles. The highest BCUT2D eigenvalue weighted by atomic mass is 16.7. The number of hydrogen-bond donors (Lipinski definition) is 3. The van der Waals surface area contributed by atoms with E-state index in [-0.39, 0.29) is 48.1 Å². The van der Waals surface area contributed by atoms with Gasteiger partial charge in [-0.2, -0.15) is 0 Å². The summed E-state index contributed by atoms with van der Waals surface area (Å²) in [6.07, 6.45) is 10.8. The van der Waals surface area contributed by atoms with Crippen LogP contribution in [0.3, 0.4) is 0 Å². The standard InChI is InChI=1S/C38H62BN3O7/c1-9-10-11-12-13-14-15-16-34(43)41-28(24-40-35(44)21-26-17-18-29(46-7)30(20-26)47-8)36(45)42-33(19-25(2)3)39-48-32-23-27-22-31(37(27,4)5)38(32,6)49-39/h17-18,20,25,27-28,31-33H,9-16,19,21-24H2,1-8H3,(H,40,44)(H,41,43)(H,42,45)/t27-,28+,31-,32-,33+,38+/m1/s1. The normalized spacial score (nSPS) is 24.8. The van der Waals surface area contributed by atoms with Gasteiger partial charge in [-0.1, -0.05) is 79.2 Å². The van der Waals surface area contributed by atoms with E-state index in [4.69, 9.17) is 18.8 Å².